The SMILES string of the molecule is Cc1ccc(N(c2ccc(C)cc2)n2nnc3cc(C)ccc32)cc1. The minimum absolute atomic E-state index is 0.893. The van der Waals surface area contributed by atoms with Gasteiger partial charge in [-0.3, -0.25) is 0 Å². The number of nitrogens with zero attached hydrogens (tertiary/aromatic N) is 4. The fourth-order valence-corrected chi connectivity index (χ4v) is 2.91. The van der Waals surface area contributed by atoms with E-state index in [2.05, 4.69) is 103 Å². The molecule has 0 fully saturated rings. The van der Waals surface area contributed by atoms with Crippen molar-refractivity contribution in [3.63, 3.8) is 0 Å². The molecule has 25 heavy (non-hydrogen) atoms. The Morgan fingerprint density at radius 2 is 1.20 bits per heavy atom. The summed E-state index contributed by atoms with van der Waals surface area (Å²) in [4.78, 5) is 1.87. The summed E-state index contributed by atoms with van der Waals surface area (Å²) in [7, 11) is 0. The van der Waals surface area contributed by atoms with Crippen molar-refractivity contribution < 1.29 is 0 Å². The van der Waals surface area contributed by atoms with Gasteiger partial charge in [0.2, 0.25) is 0 Å². The lowest BCUT2D eigenvalue weighted by molar-refractivity contribution is 0.683. The molecular formula is C21H20N4. The predicted octanol–water partition coefficient (Wildman–Crippen LogP) is 4.96. The highest BCUT2D eigenvalue weighted by molar-refractivity contribution is 5.77. The second-order valence-electron chi connectivity index (χ2n) is 6.45. The van der Waals surface area contributed by atoms with E-state index in [0.29, 0.717) is 0 Å². The van der Waals surface area contributed by atoms with E-state index in [1.165, 1.54) is 16.7 Å². The minimum atomic E-state index is 0.893. The lowest BCUT2D eigenvalue weighted by Gasteiger charge is -2.25. The number of aromatic nitrogens is 3. The van der Waals surface area contributed by atoms with E-state index >= 15 is 0 Å². The quantitative estimate of drug-likeness (QED) is 0.533. The van der Waals surface area contributed by atoms with Gasteiger partial charge in [-0.1, -0.05) is 41.5 Å². The molecular weight excluding hydrogens is 308 g/mol. The monoisotopic (exact) mass is 328 g/mol. The summed E-state index contributed by atoms with van der Waals surface area (Å²) in [6.07, 6.45) is 0. The van der Waals surface area contributed by atoms with Crippen LogP contribution in [0, 0.1) is 20.8 Å². The van der Waals surface area contributed by atoms with Crippen LogP contribution < -0.4 is 5.01 Å². The molecule has 0 aliphatic carbocycles. The Kier molecular flexibility index (Phi) is 3.73. The van der Waals surface area contributed by atoms with Crippen LogP contribution in [0.1, 0.15) is 16.7 Å². The molecule has 0 saturated heterocycles. The molecule has 0 unspecified atom stereocenters. The van der Waals surface area contributed by atoms with Gasteiger partial charge in [0.25, 0.3) is 0 Å². The topological polar surface area (TPSA) is 34.0 Å². The van der Waals surface area contributed by atoms with Gasteiger partial charge in [-0.25, -0.2) is 5.01 Å². The molecule has 0 aliphatic rings. The summed E-state index contributed by atoms with van der Waals surface area (Å²) >= 11 is 0. The molecule has 0 atom stereocenters. The Morgan fingerprint density at radius 1 is 0.680 bits per heavy atom. The summed E-state index contributed by atoms with van der Waals surface area (Å²) in [5.41, 5.74) is 7.59. The van der Waals surface area contributed by atoms with Crippen molar-refractivity contribution in [2.75, 3.05) is 5.01 Å². The predicted molar refractivity (Wildman–Crippen MR) is 102 cm³/mol. The largest absolute Gasteiger partial charge is 0.232 e. The van der Waals surface area contributed by atoms with E-state index in [1.807, 2.05) is 4.79 Å². The van der Waals surface area contributed by atoms with Gasteiger partial charge in [0.15, 0.2) is 0 Å². The van der Waals surface area contributed by atoms with Crippen LogP contribution in [0.3, 0.4) is 0 Å². The fraction of sp³-hybridized carbons (Fsp3) is 0.143. The maximum atomic E-state index is 4.43. The van der Waals surface area contributed by atoms with E-state index in [1.54, 1.807) is 0 Å². The van der Waals surface area contributed by atoms with Crippen LogP contribution in [-0.2, 0) is 0 Å². The smallest absolute Gasteiger partial charge is 0.115 e. The zero-order chi connectivity index (χ0) is 17.4. The van der Waals surface area contributed by atoms with Gasteiger partial charge in [-0.2, -0.15) is 0 Å². The van der Waals surface area contributed by atoms with Crippen LogP contribution >= 0.6 is 0 Å². The van der Waals surface area contributed by atoms with Gasteiger partial charge in [-0.05, 0) is 67.9 Å². The standard InChI is InChI=1S/C21H20N4/c1-15-4-9-18(10-5-15)24(19-11-6-16(2)7-12-19)25-21-13-8-17(3)14-20(21)22-23-25/h4-14H,1-3H3. The van der Waals surface area contributed by atoms with Crippen molar-refractivity contribution in [3.05, 3.63) is 83.4 Å². The van der Waals surface area contributed by atoms with E-state index < -0.39 is 0 Å². The molecule has 4 nitrogen and oxygen atoms in total. The van der Waals surface area contributed by atoms with Crippen molar-refractivity contribution in [1.29, 1.82) is 0 Å². The van der Waals surface area contributed by atoms with Crippen LogP contribution in [0.2, 0.25) is 0 Å². The number of hydrogen-bond donors (Lipinski definition) is 0. The Morgan fingerprint density at radius 3 is 1.76 bits per heavy atom. The maximum absolute atomic E-state index is 4.43. The molecule has 4 rings (SSSR count). The lowest BCUT2D eigenvalue weighted by atomic mass is 10.2. The molecule has 3 aromatic carbocycles. The van der Waals surface area contributed by atoms with Crippen LogP contribution in [0.25, 0.3) is 11.0 Å². The van der Waals surface area contributed by atoms with Gasteiger partial charge < -0.3 is 0 Å². The van der Waals surface area contributed by atoms with Crippen LogP contribution in [0.15, 0.2) is 66.7 Å². The summed E-state index contributed by atoms with van der Waals surface area (Å²) in [6.45, 7) is 6.25. The fourth-order valence-electron chi connectivity index (χ4n) is 2.91. The molecule has 1 aromatic heterocycles. The third-order valence-electron chi connectivity index (χ3n) is 4.33. The van der Waals surface area contributed by atoms with Crippen molar-refractivity contribution in [2.45, 2.75) is 20.8 Å². The lowest BCUT2D eigenvalue weighted by Crippen LogP contribution is -2.25. The summed E-state index contributed by atoms with van der Waals surface area (Å²) in [5, 5.41) is 10.9. The first kappa shape index (κ1) is 15.4. The molecule has 4 heteroatoms. The Balaban J connectivity index is 1.92. The van der Waals surface area contributed by atoms with Gasteiger partial charge in [0.1, 0.15) is 11.0 Å². The third-order valence-corrected chi connectivity index (χ3v) is 4.33. The molecule has 124 valence electrons. The van der Waals surface area contributed by atoms with Crippen LogP contribution in [0.4, 0.5) is 11.4 Å². The number of anilines is 2. The molecule has 0 saturated carbocycles. The Hall–Kier alpha value is -3.14. The average Bonchev–Trinajstić information content (AvgIpc) is 3.01. The molecule has 0 bridgehead atoms. The number of aryl methyl sites for hydroxylation is 3. The number of fused-ring (bicyclic) bond motifs is 1. The van der Waals surface area contributed by atoms with Gasteiger partial charge in [0.05, 0.1) is 11.4 Å². The van der Waals surface area contributed by atoms with Gasteiger partial charge in [0, 0.05) is 0 Å². The first-order valence-electron chi connectivity index (χ1n) is 8.38. The summed E-state index contributed by atoms with van der Waals surface area (Å²) < 4.78 is 0. The molecule has 0 radical (unpaired) electrons. The van der Waals surface area contributed by atoms with Crippen molar-refractivity contribution in [3.8, 4) is 0 Å². The second-order valence-corrected chi connectivity index (χ2v) is 6.45. The van der Waals surface area contributed by atoms with Gasteiger partial charge >= 0.3 is 0 Å². The van der Waals surface area contributed by atoms with E-state index in [-0.39, 0.29) is 0 Å². The maximum Gasteiger partial charge on any atom is 0.115 e. The van der Waals surface area contributed by atoms with Crippen molar-refractivity contribution in [2.24, 2.45) is 0 Å². The summed E-state index contributed by atoms with van der Waals surface area (Å²) in [5.74, 6) is 0. The molecule has 0 N–H and O–H groups in total. The highest BCUT2D eigenvalue weighted by Crippen LogP contribution is 2.28. The molecule has 0 amide bonds. The van der Waals surface area contributed by atoms with Crippen molar-refractivity contribution >= 4 is 22.4 Å². The number of rotatable bonds is 3. The van der Waals surface area contributed by atoms with E-state index in [4.69, 9.17) is 0 Å². The second kappa shape index (κ2) is 6.06. The third kappa shape index (κ3) is 2.87. The Bertz CT molecular complexity index is 969. The highest BCUT2D eigenvalue weighted by atomic mass is 15.7. The zero-order valence-corrected chi connectivity index (χ0v) is 14.6. The number of hydrogen-bond acceptors (Lipinski definition) is 3. The van der Waals surface area contributed by atoms with Crippen molar-refractivity contribution in [1.82, 2.24) is 15.1 Å². The highest BCUT2D eigenvalue weighted by Gasteiger charge is 2.16. The molecule has 4 aromatic rings. The van der Waals surface area contributed by atoms with Crippen LogP contribution in [-0.4, -0.2) is 15.1 Å². The Labute approximate surface area is 147 Å². The van der Waals surface area contributed by atoms with Gasteiger partial charge in [-0.15, -0.1) is 9.89 Å². The van der Waals surface area contributed by atoms with E-state index in [0.717, 1.165) is 22.4 Å². The normalized spacial score (nSPS) is 11.0. The molecule has 0 aliphatic heterocycles. The van der Waals surface area contributed by atoms with E-state index in [9.17, 15) is 0 Å². The first-order chi connectivity index (χ1) is 12.1. The molecule has 1 heterocycles. The number of benzene rings is 3. The molecule has 0 spiro atoms. The average molecular weight is 328 g/mol. The van der Waals surface area contributed by atoms with Crippen LogP contribution in [0.5, 0.6) is 0 Å². The first-order valence-corrected chi connectivity index (χ1v) is 8.38. The summed E-state index contributed by atoms with van der Waals surface area (Å²) in [6, 6.07) is 23.1. The minimum Gasteiger partial charge on any atom is -0.232 e. The zero-order valence-electron chi connectivity index (χ0n) is 14.6.